The maximum absolute atomic E-state index is 3.38. The molecule has 13 heavy (non-hydrogen) atoms. The molecule has 0 amide bonds. The fourth-order valence-electron chi connectivity index (χ4n) is 2.31. The molecule has 0 aliphatic heterocycles. The SMILES string of the molecule is CNCC1(c2cc(C)[nH]c2C)CC1. The molecule has 1 aromatic rings. The summed E-state index contributed by atoms with van der Waals surface area (Å²) in [6.45, 7) is 5.43. The van der Waals surface area contributed by atoms with Crippen LogP contribution in [0.25, 0.3) is 0 Å². The van der Waals surface area contributed by atoms with Crippen molar-refractivity contribution in [3.8, 4) is 0 Å². The first kappa shape index (κ1) is 8.82. The van der Waals surface area contributed by atoms with E-state index in [1.54, 1.807) is 0 Å². The van der Waals surface area contributed by atoms with Crippen LogP contribution >= 0.6 is 0 Å². The van der Waals surface area contributed by atoms with E-state index < -0.39 is 0 Å². The highest BCUT2D eigenvalue weighted by Gasteiger charge is 2.44. The van der Waals surface area contributed by atoms with Gasteiger partial charge in [-0.3, -0.25) is 0 Å². The summed E-state index contributed by atoms with van der Waals surface area (Å²) in [5.41, 5.74) is 4.63. The second-order valence-electron chi connectivity index (χ2n) is 4.30. The minimum absolute atomic E-state index is 0.462. The summed E-state index contributed by atoms with van der Waals surface area (Å²) in [5, 5.41) is 3.29. The lowest BCUT2D eigenvalue weighted by Crippen LogP contribution is -2.23. The van der Waals surface area contributed by atoms with Gasteiger partial charge in [0.05, 0.1) is 0 Å². The highest BCUT2D eigenvalue weighted by atomic mass is 14.9. The Morgan fingerprint density at radius 1 is 1.46 bits per heavy atom. The van der Waals surface area contributed by atoms with Crippen LogP contribution in [-0.2, 0) is 5.41 Å². The molecule has 1 saturated carbocycles. The van der Waals surface area contributed by atoms with Gasteiger partial charge in [0.25, 0.3) is 0 Å². The first-order chi connectivity index (χ1) is 6.18. The van der Waals surface area contributed by atoms with Gasteiger partial charge < -0.3 is 10.3 Å². The molecular weight excluding hydrogens is 160 g/mol. The Morgan fingerprint density at radius 3 is 2.54 bits per heavy atom. The fraction of sp³-hybridized carbons (Fsp3) is 0.636. The van der Waals surface area contributed by atoms with Crippen LogP contribution in [0.1, 0.15) is 29.8 Å². The molecule has 1 fully saturated rings. The van der Waals surface area contributed by atoms with Gasteiger partial charge in [0.1, 0.15) is 0 Å². The zero-order valence-electron chi connectivity index (χ0n) is 8.70. The van der Waals surface area contributed by atoms with Crippen LogP contribution in [0.2, 0.25) is 0 Å². The Bertz CT molecular complexity index is 308. The van der Waals surface area contributed by atoms with E-state index in [9.17, 15) is 0 Å². The van der Waals surface area contributed by atoms with E-state index in [-0.39, 0.29) is 0 Å². The number of rotatable bonds is 3. The zero-order chi connectivity index (χ0) is 9.47. The molecule has 0 bridgehead atoms. The molecule has 0 saturated heterocycles. The van der Waals surface area contributed by atoms with E-state index in [1.807, 2.05) is 7.05 Å². The second-order valence-corrected chi connectivity index (χ2v) is 4.30. The summed E-state index contributed by atoms with van der Waals surface area (Å²) in [4.78, 5) is 3.38. The number of H-pyrrole nitrogens is 1. The summed E-state index contributed by atoms with van der Waals surface area (Å²) in [7, 11) is 2.04. The minimum atomic E-state index is 0.462. The Hall–Kier alpha value is -0.760. The average Bonchev–Trinajstić information content (AvgIpc) is 2.74. The molecule has 0 atom stereocenters. The number of likely N-dealkylation sites (N-methyl/N-ethyl adjacent to an activating group) is 1. The summed E-state index contributed by atoms with van der Waals surface area (Å²) in [6.07, 6.45) is 2.68. The van der Waals surface area contributed by atoms with E-state index >= 15 is 0 Å². The van der Waals surface area contributed by atoms with Crippen molar-refractivity contribution in [1.82, 2.24) is 10.3 Å². The van der Waals surface area contributed by atoms with Crippen LogP contribution in [0.5, 0.6) is 0 Å². The van der Waals surface area contributed by atoms with Crippen LogP contribution < -0.4 is 5.32 Å². The van der Waals surface area contributed by atoms with Gasteiger partial charge >= 0.3 is 0 Å². The van der Waals surface area contributed by atoms with E-state index in [2.05, 4.69) is 30.2 Å². The van der Waals surface area contributed by atoms with Crippen molar-refractivity contribution in [3.63, 3.8) is 0 Å². The maximum atomic E-state index is 3.38. The van der Waals surface area contributed by atoms with Gasteiger partial charge in [-0.15, -0.1) is 0 Å². The summed E-state index contributed by atoms with van der Waals surface area (Å²) >= 11 is 0. The zero-order valence-corrected chi connectivity index (χ0v) is 8.70. The molecule has 2 rings (SSSR count). The van der Waals surface area contributed by atoms with Crippen molar-refractivity contribution in [1.29, 1.82) is 0 Å². The van der Waals surface area contributed by atoms with Crippen LogP contribution in [0.4, 0.5) is 0 Å². The first-order valence-corrected chi connectivity index (χ1v) is 4.99. The standard InChI is InChI=1S/C11H18N2/c1-8-6-10(9(2)13-8)11(4-5-11)7-12-3/h6,12-13H,4-5,7H2,1-3H3. The van der Waals surface area contributed by atoms with Crippen molar-refractivity contribution in [2.24, 2.45) is 0 Å². The molecule has 2 N–H and O–H groups in total. The second kappa shape index (κ2) is 2.88. The van der Waals surface area contributed by atoms with E-state index in [1.165, 1.54) is 29.8 Å². The van der Waals surface area contributed by atoms with Crippen LogP contribution in [0.3, 0.4) is 0 Å². The molecule has 0 spiro atoms. The third-order valence-corrected chi connectivity index (χ3v) is 3.09. The number of hydrogen-bond donors (Lipinski definition) is 2. The lowest BCUT2D eigenvalue weighted by Gasteiger charge is -2.13. The van der Waals surface area contributed by atoms with Gasteiger partial charge in [0.15, 0.2) is 0 Å². The minimum Gasteiger partial charge on any atom is -0.362 e. The Morgan fingerprint density at radius 2 is 2.15 bits per heavy atom. The third-order valence-electron chi connectivity index (χ3n) is 3.09. The fourth-order valence-corrected chi connectivity index (χ4v) is 2.31. The van der Waals surface area contributed by atoms with Crippen molar-refractivity contribution < 1.29 is 0 Å². The van der Waals surface area contributed by atoms with Gasteiger partial charge in [0, 0.05) is 23.3 Å². The lowest BCUT2D eigenvalue weighted by molar-refractivity contribution is 0.621. The van der Waals surface area contributed by atoms with E-state index in [0.717, 1.165) is 6.54 Å². The summed E-state index contributed by atoms with van der Waals surface area (Å²) in [6, 6.07) is 2.31. The summed E-state index contributed by atoms with van der Waals surface area (Å²) < 4.78 is 0. The van der Waals surface area contributed by atoms with Gasteiger partial charge in [-0.1, -0.05) is 0 Å². The highest BCUT2D eigenvalue weighted by molar-refractivity contribution is 5.37. The number of hydrogen-bond acceptors (Lipinski definition) is 1. The van der Waals surface area contributed by atoms with Crippen molar-refractivity contribution >= 4 is 0 Å². The number of aromatic amines is 1. The Kier molecular flexibility index (Phi) is 1.95. The van der Waals surface area contributed by atoms with Gasteiger partial charge in [-0.25, -0.2) is 0 Å². The maximum Gasteiger partial charge on any atom is 0.0156 e. The van der Waals surface area contributed by atoms with Crippen molar-refractivity contribution in [2.75, 3.05) is 13.6 Å². The molecule has 0 unspecified atom stereocenters. The molecule has 1 aromatic heterocycles. The van der Waals surface area contributed by atoms with Crippen molar-refractivity contribution in [2.45, 2.75) is 32.1 Å². The molecule has 1 heterocycles. The van der Waals surface area contributed by atoms with Gasteiger partial charge in [-0.2, -0.15) is 0 Å². The van der Waals surface area contributed by atoms with E-state index in [4.69, 9.17) is 0 Å². The highest BCUT2D eigenvalue weighted by Crippen LogP contribution is 2.48. The predicted molar refractivity (Wildman–Crippen MR) is 55.1 cm³/mol. The summed E-state index contributed by atoms with van der Waals surface area (Å²) in [5.74, 6) is 0. The van der Waals surface area contributed by atoms with Crippen LogP contribution in [0, 0.1) is 13.8 Å². The van der Waals surface area contributed by atoms with Crippen molar-refractivity contribution in [3.05, 3.63) is 23.0 Å². The van der Waals surface area contributed by atoms with Crippen LogP contribution in [-0.4, -0.2) is 18.6 Å². The topological polar surface area (TPSA) is 27.8 Å². The molecule has 0 radical (unpaired) electrons. The van der Waals surface area contributed by atoms with Gasteiger partial charge in [-0.05, 0) is 45.4 Å². The quantitative estimate of drug-likeness (QED) is 0.726. The average molecular weight is 178 g/mol. The number of aromatic nitrogens is 1. The third kappa shape index (κ3) is 1.39. The first-order valence-electron chi connectivity index (χ1n) is 4.99. The molecule has 0 aromatic carbocycles. The molecule has 1 aliphatic carbocycles. The molecule has 2 heteroatoms. The molecule has 2 nitrogen and oxygen atoms in total. The Labute approximate surface area is 79.7 Å². The van der Waals surface area contributed by atoms with E-state index in [0.29, 0.717) is 5.41 Å². The van der Waals surface area contributed by atoms with Gasteiger partial charge in [0.2, 0.25) is 0 Å². The monoisotopic (exact) mass is 178 g/mol. The molecular formula is C11H18N2. The number of aryl methyl sites for hydroxylation is 2. The predicted octanol–water partition coefficient (Wildman–Crippen LogP) is 1.88. The lowest BCUT2D eigenvalue weighted by atomic mass is 9.96. The molecule has 72 valence electrons. The molecule has 1 aliphatic rings. The Balaban J connectivity index is 2.29. The smallest absolute Gasteiger partial charge is 0.0156 e. The van der Waals surface area contributed by atoms with Crippen LogP contribution in [0.15, 0.2) is 6.07 Å². The number of nitrogens with one attached hydrogen (secondary N) is 2. The normalized spacial score (nSPS) is 19.0. The largest absolute Gasteiger partial charge is 0.362 e.